The molecule has 0 aliphatic rings. The van der Waals surface area contributed by atoms with Gasteiger partial charge in [0.1, 0.15) is 5.75 Å². The van der Waals surface area contributed by atoms with Crippen LogP contribution in [-0.4, -0.2) is 23.1 Å². The molecule has 0 heterocycles. The Labute approximate surface area is 118 Å². The van der Waals surface area contributed by atoms with Crippen LogP contribution in [0.3, 0.4) is 0 Å². The number of benzene rings is 2. The van der Waals surface area contributed by atoms with E-state index in [1.54, 1.807) is 0 Å². The first-order valence-electron chi connectivity index (χ1n) is 4.50. The van der Waals surface area contributed by atoms with Crippen LogP contribution in [0.25, 0.3) is 0 Å². The van der Waals surface area contributed by atoms with E-state index in [0.29, 0.717) is 0 Å². The SMILES string of the molecule is [CH2-]c1ccccc1Oc1ccccc1.[Cl-].[Mg+2]. The molecule has 0 aliphatic carbocycles. The molecule has 0 aliphatic heterocycles. The molecule has 0 atom stereocenters. The smallest absolute Gasteiger partial charge is 1.00 e. The van der Waals surface area contributed by atoms with E-state index in [2.05, 4.69) is 6.92 Å². The number of hydrogen-bond acceptors (Lipinski definition) is 1. The molecule has 0 unspecified atom stereocenters. The van der Waals surface area contributed by atoms with Gasteiger partial charge < -0.3 is 17.1 Å². The van der Waals surface area contributed by atoms with Crippen molar-refractivity contribution in [2.75, 3.05) is 0 Å². The predicted octanol–water partition coefficient (Wildman–Crippen LogP) is 0.284. The van der Waals surface area contributed by atoms with Gasteiger partial charge in [-0.3, -0.25) is 0 Å². The van der Waals surface area contributed by atoms with E-state index in [4.69, 9.17) is 4.74 Å². The van der Waals surface area contributed by atoms with Crippen LogP contribution in [0.2, 0.25) is 0 Å². The zero-order chi connectivity index (χ0) is 9.80. The molecule has 0 saturated carbocycles. The molecule has 2 rings (SSSR count). The molecule has 0 radical (unpaired) electrons. The summed E-state index contributed by atoms with van der Waals surface area (Å²) in [5, 5.41) is 0. The minimum Gasteiger partial charge on any atom is -1.00 e. The third-order valence-corrected chi connectivity index (χ3v) is 1.94. The van der Waals surface area contributed by atoms with Gasteiger partial charge in [0.15, 0.2) is 0 Å². The zero-order valence-electron chi connectivity index (χ0n) is 8.90. The predicted molar refractivity (Wildman–Crippen MR) is 63.2 cm³/mol. The van der Waals surface area contributed by atoms with Crippen molar-refractivity contribution in [3.05, 3.63) is 67.1 Å². The maximum atomic E-state index is 5.65. The molecule has 78 valence electrons. The Hall–Kier alpha value is -0.834. The monoisotopic (exact) mass is 242 g/mol. The molecule has 2 aromatic carbocycles. The fourth-order valence-electron chi connectivity index (χ4n) is 1.22. The van der Waals surface area contributed by atoms with Crippen molar-refractivity contribution < 1.29 is 17.1 Å². The Morgan fingerprint density at radius 1 is 0.812 bits per heavy atom. The van der Waals surface area contributed by atoms with Crippen LogP contribution < -0.4 is 17.1 Å². The molecule has 0 bridgehead atoms. The van der Waals surface area contributed by atoms with Gasteiger partial charge in [0.25, 0.3) is 0 Å². The van der Waals surface area contributed by atoms with Crippen molar-refractivity contribution in [3.8, 4) is 11.5 Å². The molecule has 1 nitrogen and oxygen atoms in total. The number of para-hydroxylation sites is 2. The van der Waals surface area contributed by atoms with Gasteiger partial charge in [0.2, 0.25) is 0 Å². The average molecular weight is 243 g/mol. The standard InChI is InChI=1S/C13H11O.ClH.Mg/c1-11-7-5-6-10-13(11)14-12-8-3-2-4-9-12;;/h2-10H,1H2;1H;/q-1;;+2/p-1. The van der Waals surface area contributed by atoms with Crippen LogP contribution in [0.4, 0.5) is 0 Å². The maximum absolute atomic E-state index is 5.65. The number of halogens is 1. The van der Waals surface area contributed by atoms with Gasteiger partial charge in [-0.15, -0.1) is 6.07 Å². The first-order chi connectivity index (χ1) is 6.86. The Kier molecular flexibility index (Phi) is 7.05. The summed E-state index contributed by atoms with van der Waals surface area (Å²) >= 11 is 0. The fourth-order valence-corrected chi connectivity index (χ4v) is 1.22. The van der Waals surface area contributed by atoms with Crippen molar-refractivity contribution >= 4 is 23.1 Å². The van der Waals surface area contributed by atoms with Crippen LogP contribution in [0.15, 0.2) is 54.6 Å². The molecule has 0 amide bonds. The van der Waals surface area contributed by atoms with Crippen molar-refractivity contribution in [1.29, 1.82) is 0 Å². The van der Waals surface area contributed by atoms with Gasteiger partial charge in [0.05, 0.1) is 0 Å². The van der Waals surface area contributed by atoms with Gasteiger partial charge in [-0.05, 0) is 12.1 Å². The van der Waals surface area contributed by atoms with E-state index in [1.165, 1.54) is 0 Å². The largest absolute Gasteiger partial charge is 2.00 e. The average Bonchev–Trinajstić information content (AvgIpc) is 2.23. The van der Waals surface area contributed by atoms with Gasteiger partial charge in [-0.25, -0.2) is 0 Å². The molecule has 0 fully saturated rings. The maximum Gasteiger partial charge on any atom is 2.00 e. The number of rotatable bonds is 2. The van der Waals surface area contributed by atoms with Gasteiger partial charge in [-0.2, -0.15) is 18.6 Å². The molecule has 2 aromatic rings. The van der Waals surface area contributed by atoms with Crippen molar-refractivity contribution in [3.63, 3.8) is 0 Å². The minimum atomic E-state index is 0. The van der Waals surface area contributed by atoms with Crippen LogP contribution in [0, 0.1) is 6.92 Å². The van der Waals surface area contributed by atoms with E-state index < -0.39 is 0 Å². The molecule has 0 spiro atoms. The van der Waals surface area contributed by atoms with E-state index >= 15 is 0 Å². The second kappa shape index (κ2) is 7.44. The van der Waals surface area contributed by atoms with Gasteiger partial charge in [0, 0.05) is 5.75 Å². The van der Waals surface area contributed by atoms with E-state index in [1.807, 2.05) is 54.6 Å². The molecular weight excluding hydrogens is 232 g/mol. The van der Waals surface area contributed by atoms with Crippen LogP contribution in [-0.2, 0) is 0 Å². The molecule has 3 heteroatoms. The van der Waals surface area contributed by atoms with E-state index in [-0.39, 0.29) is 35.5 Å². The third kappa shape index (κ3) is 3.97. The Balaban J connectivity index is 0.00000112. The van der Waals surface area contributed by atoms with Crippen molar-refractivity contribution in [2.45, 2.75) is 0 Å². The fraction of sp³-hybridized carbons (Fsp3) is 0. The third-order valence-electron chi connectivity index (χ3n) is 1.94. The van der Waals surface area contributed by atoms with Crippen LogP contribution in [0.5, 0.6) is 11.5 Å². The second-order valence-corrected chi connectivity index (χ2v) is 3.02. The van der Waals surface area contributed by atoms with Crippen LogP contribution in [0.1, 0.15) is 5.56 Å². The van der Waals surface area contributed by atoms with E-state index in [0.717, 1.165) is 17.1 Å². The van der Waals surface area contributed by atoms with Crippen molar-refractivity contribution in [1.82, 2.24) is 0 Å². The normalized spacial score (nSPS) is 8.50. The summed E-state index contributed by atoms with van der Waals surface area (Å²) in [6.07, 6.45) is 0. The summed E-state index contributed by atoms with van der Waals surface area (Å²) in [5.41, 5.74) is 0.899. The molecule has 0 N–H and O–H groups in total. The van der Waals surface area contributed by atoms with Gasteiger partial charge >= 0.3 is 23.1 Å². The zero-order valence-corrected chi connectivity index (χ0v) is 11.1. The molecular formula is C13H11ClMgO. The van der Waals surface area contributed by atoms with Crippen LogP contribution >= 0.6 is 0 Å². The van der Waals surface area contributed by atoms with Gasteiger partial charge in [-0.1, -0.05) is 30.3 Å². The Bertz CT molecular complexity index is 417. The second-order valence-electron chi connectivity index (χ2n) is 3.02. The number of ether oxygens (including phenoxy) is 1. The topological polar surface area (TPSA) is 9.23 Å². The molecule has 16 heavy (non-hydrogen) atoms. The Morgan fingerprint density at radius 3 is 2.00 bits per heavy atom. The molecule has 0 saturated heterocycles. The summed E-state index contributed by atoms with van der Waals surface area (Å²) in [7, 11) is 0. The molecule has 0 aromatic heterocycles. The van der Waals surface area contributed by atoms with Crippen molar-refractivity contribution in [2.24, 2.45) is 0 Å². The summed E-state index contributed by atoms with van der Waals surface area (Å²) in [4.78, 5) is 0. The quantitative estimate of drug-likeness (QED) is 0.544. The Morgan fingerprint density at radius 2 is 1.38 bits per heavy atom. The number of hydrogen-bond donors (Lipinski definition) is 0. The first-order valence-corrected chi connectivity index (χ1v) is 4.50. The van der Waals surface area contributed by atoms with E-state index in [9.17, 15) is 0 Å². The first kappa shape index (κ1) is 15.2. The summed E-state index contributed by atoms with van der Waals surface area (Å²) in [6, 6.07) is 17.4. The summed E-state index contributed by atoms with van der Waals surface area (Å²) in [6.45, 7) is 3.89. The summed E-state index contributed by atoms with van der Waals surface area (Å²) < 4.78 is 5.65. The summed E-state index contributed by atoms with van der Waals surface area (Å²) in [5.74, 6) is 1.64. The minimum absolute atomic E-state index is 0.